The van der Waals surface area contributed by atoms with Crippen molar-refractivity contribution in [2.45, 2.75) is 20.0 Å². The van der Waals surface area contributed by atoms with Gasteiger partial charge >= 0.3 is 0 Å². The highest BCUT2D eigenvalue weighted by Crippen LogP contribution is 2.30. The minimum Gasteiger partial charge on any atom is -0.395 e. The summed E-state index contributed by atoms with van der Waals surface area (Å²) in [5.74, 6) is 0.308. The van der Waals surface area contributed by atoms with E-state index in [0.717, 1.165) is 34.0 Å². The highest BCUT2D eigenvalue weighted by molar-refractivity contribution is 5.77. The molecule has 4 aromatic heterocycles. The first-order chi connectivity index (χ1) is 17.1. The summed E-state index contributed by atoms with van der Waals surface area (Å²) < 4.78 is 16.7. The fraction of sp³-hybridized carbons (Fsp3) is 0.200. The lowest BCUT2D eigenvalue weighted by atomic mass is 10.1. The second kappa shape index (κ2) is 10.00. The van der Waals surface area contributed by atoms with Crippen molar-refractivity contribution in [3.63, 3.8) is 0 Å². The van der Waals surface area contributed by atoms with Crippen molar-refractivity contribution in [3.8, 4) is 22.6 Å². The quantitative estimate of drug-likeness (QED) is 0.243. The van der Waals surface area contributed by atoms with E-state index in [1.165, 1.54) is 6.33 Å². The van der Waals surface area contributed by atoms with Crippen LogP contribution < -0.4 is 10.6 Å². The molecule has 0 fully saturated rings. The third-order valence-corrected chi connectivity index (χ3v) is 5.57. The van der Waals surface area contributed by atoms with E-state index in [4.69, 9.17) is 10.1 Å². The predicted molar refractivity (Wildman–Crippen MR) is 131 cm³/mol. The zero-order valence-corrected chi connectivity index (χ0v) is 19.2. The van der Waals surface area contributed by atoms with Crippen molar-refractivity contribution in [3.05, 3.63) is 84.0 Å². The number of fused-ring (bicyclic) bond motifs is 1. The molecule has 0 aliphatic rings. The third kappa shape index (κ3) is 4.88. The minimum absolute atomic E-state index is 0.00234. The number of aryl methyl sites for hydroxylation is 1. The van der Waals surface area contributed by atoms with E-state index < -0.39 is 0 Å². The molecule has 0 amide bonds. The van der Waals surface area contributed by atoms with Gasteiger partial charge in [0.05, 0.1) is 35.9 Å². The molecule has 4 heterocycles. The maximum atomic E-state index is 15.0. The van der Waals surface area contributed by atoms with Crippen LogP contribution in [0.5, 0.6) is 0 Å². The molecule has 0 saturated carbocycles. The summed E-state index contributed by atoms with van der Waals surface area (Å²) in [6.07, 6.45) is 3.38. The summed E-state index contributed by atoms with van der Waals surface area (Å²) in [5, 5.41) is 19.3. The number of imidazole rings is 1. The van der Waals surface area contributed by atoms with E-state index in [9.17, 15) is 4.39 Å². The van der Waals surface area contributed by atoms with Crippen molar-refractivity contribution in [2.75, 3.05) is 18.5 Å². The van der Waals surface area contributed by atoms with Gasteiger partial charge in [0.25, 0.3) is 0 Å². The molecular weight excluding hydrogens is 447 g/mol. The second-order valence-electron chi connectivity index (χ2n) is 8.08. The van der Waals surface area contributed by atoms with E-state index in [-0.39, 0.29) is 19.0 Å². The number of anilines is 1. The number of pyridine rings is 2. The molecule has 10 heteroatoms. The van der Waals surface area contributed by atoms with E-state index in [1.807, 2.05) is 43.5 Å². The molecule has 0 aliphatic carbocycles. The Morgan fingerprint density at radius 3 is 2.80 bits per heavy atom. The minimum atomic E-state index is -0.332. The van der Waals surface area contributed by atoms with Crippen LogP contribution >= 0.6 is 0 Å². The van der Waals surface area contributed by atoms with Crippen LogP contribution in [0.4, 0.5) is 10.1 Å². The molecule has 0 radical (unpaired) electrons. The fourth-order valence-corrected chi connectivity index (χ4v) is 3.87. The van der Waals surface area contributed by atoms with Gasteiger partial charge in [-0.2, -0.15) is 5.10 Å². The van der Waals surface area contributed by atoms with Gasteiger partial charge in [-0.15, -0.1) is 0 Å². The number of H-pyrrole nitrogens is 1. The van der Waals surface area contributed by atoms with Crippen LogP contribution in [0.15, 0.2) is 61.1 Å². The summed E-state index contributed by atoms with van der Waals surface area (Å²) in [6.45, 7) is 2.97. The number of halogens is 1. The van der Waals surface area contributed by atoms with Crippen molar-refractivity contribution < 1.29 is 9.50 Å². The van der Waals surface area contributed by atoms with Crippen LogP contribution in [0.3, 0.4) is 0 Å². The smallest absolute Gasteiger partial charge is 0.155 e. The fourth-order valence-electron chi connectivity index (χ4n) is 3.87. The number of aromatic amines is 1. The lowest BCUT2D eigenvalue weighted by Gasteiger charge is -2.10. The maximum absolute atomic E-state index is 15.0. The molecule has 0 bridgehead atoms. The van der Waals surface area contributed by atoms with Gasteiger partial charge < -0.3 is 20.7 Å². The lowest BCUT2D eigenvalue weighted by Crippen LogP contribution is -2.18. The zero-order valence-electron chi connectivity index (χ0n) is 19.2. The number of nitrogens with one attached hydrogen (secondary N) is 3. The number of nitrogens with zero attached hydrogens (tertiary/aromatic N) is 5. The first kappa shape index (κ1) is 22.6. The van der Waals surface area contributed by atoms with Gasteiger partial charge in [0.2, 0.25) is 0 Å². The van der Waals surface area contributed by atoms with Crippen LogP contribution in [0, 0.1) is 12.7 Å². The average molecular weight is 473 g/mol. The summed E-state index contributed by atoms with van der Waals surface area (Å²) in [7, 11) is 0. The highest BCUT2D eigenvalue weighted by atomic mass is 19.1. The Bertz CT molecular complexity index is 1460. The first-order valence-electron chi connectivity index (χ1n) is 11.3. The molecule has 9 nitrogen and oxygen atoms in total. The van der Waals surface area contributed by atoms with Crippen molar-refractivity contribution in [2.24, 2.45) is 0 Å². The number of aromatic nitrogens is 6. The Hall–Kier alpha value is -4.15. The van der Waals surface area contributed by atoms with Gasteiger partial charge in [0, 0.05) is 36.1 Å². The molecule has 5 rings (SSSR count). The van der Waals surface area contributed by atoms with E-state index in [1.54, 1.807) is 22.7 Å². The molecule has 5 aromatic rings. The van der Waals surface area contributed by atoms with Crippen LogP contribution in [0.1, 0.15) is 17.1 Å². The number of rotatable bonds is 9. The van der Waals surface area contributed by atoms with Crippen LogP contribution in [0.25, 0.3) is 28.3 Å². The SMILES string of the molecule is Cc1cccc(-c2[nH]c(CNc3cccc(CNCCO)c3F)nc2-c2ccc3ncnn3c2)n1. The summed E-state index contributed by atoms with van der Waals surface area (Å²) in [4.78, 5) is 17.1. The average Bonchev–Trinajstić information content (AvgIpc) is 3.51. The summed E-state index contributed by atoms with van der Waals surface area (Å²) in [5.41, 5.74) is 5.65. The Morgan fingerprint density at radius 2 is 1.94 bits per heavy atom. The third-order valence-electron chi connectivity index (χ3n) is 5.57. The van der Waals surface area contributed by atoms with E-state index in [0.29, 0.717) is 30.2 Å². The maximum Gasteiger partial charge on any atom is 0.155 e. The van der Waals surface area contributed by atoms with Crippen molar-refractivity contribution >= 4 is 11.3 Å². The Morgan fingerprint density at radius 1 is 1.06 bits per heavy atom. The van der Waals surface area contributed by atoms with E-state index in [2.05, 4.69) is 30.7 Å². The van der Waals surface area contributed by atoms with Crippen LogP contribution in [-0.2, 0) is 13.1 Å². The topological polar surface area (TPSA) is 116 Å². The van der Waals surface area contributed by atoms with Gasteiger partial charge in [0.1, 0.15) is 12.2 Å². The Balaban J connectivity index is 1.45. The van der Waals surface area contributed by atoms with Gasteiger partial charge in [-0.1, -0.05) is 18.2 Å². The summed E-state index contributed by atoms with van der Waals surface area (Å²) in [6, 6.07) is 14.9. The van der Waals surface area contributed by atoms with Gasteiger partial charge in [-0.05, 0) is 37.3 Å². The monoisotopic (exact) mass is 472 g/mol. The highest BCUT2D eigenvalue weighted by Gasteiger charge is 2.17. The van der Waals surface area contributed by atoms with Crippen molar-refractivity contribution in [1.29, 1.82) is 0 Å². The molecule has 178 valence electrons. The molecule has 0 atom stereocenters. The summed E-state index contributed by atoms with van der Waals surface area (Å²) >= 11 is 0. The zero-order chi connectivity index (χ0) is 24.2. The number of hydrogen-bond donors (Lipinski definition) is 4. The Kier molecular flexibility index (Phi) is 6.47. The number of hydrogen-bond acceptors (Lipinski definition) is 7. The molecule has 0 aliphatic heterocycles. The molecule has 0 spiro atoms. The lowest BCUT2D eigenvalue weighted by molar-refractivity contribution is 0.291. The van der Waals surface area contributed by atoms with Gasteiger partial charge in [-0.25, -0.2) is 18.9 Å². The Labute approximate surface area is 201 Å². The van der Waals surface area contributed by atoms with Crippen LogP contribution in [-0.4, -0.2) is 47.8 Å². The molecule has 1 aromatic carbocycles. The normalized spacial score (nSPS) is 11.3. The number of aliphatic hydroxyl groups is 1. The molecule has 35 heavy (non-hydrogen) atoms. The van der Waals surface area contributed by atoms with Crippen LogP contribution in [0.2, 0.25) is 0 Å². The van der Waals surface area contributed by atoms with Gasteiger partial charge in [0.15, 0.2) is 11.5 Å². The number of aliphatic hydroxyl groups excluding tert-OH is 1. The van der Waals surface area contributed by atoms with E-state index >= 15 is 0 Å². The predicted octanol–water partition coefficient (Wildman–Crippen LogP) is 3.32. The second-order valence-corrected chi connectivity index (χ2v) is 8.08. The standard InChI is InChI=1S/C25H25FN8O/c1-16-4-2-7-20(31-16)25-24(18-8-9-22-29-15-30-34(22)14-18)32-21(33-25)13-28-19-6-3-5-17(23(19)26)12-27-10-11-35/h2-9,14-15,27-28,35H,10-13H2,1H3,(H,32,33). The molecule has 4 N–H and O–H groups in total. The molecule has 0 saturated heterocycles. The van der Waals surface area contributed by atoms with Crippen molar-refractivity contribution in [1.82, 2.24) is 34.9 Å². The molecule has 0 unspecified atom stereocenters. The molecular formula is C25H25FN8O. The number of benzene rings is 1. The van der Waals surface area contributed by atoms with Gasteiger partial charge in [-0.3, -0.25) is 4.98 Å². The largest absolute Gasteiger partial charge is 0.395 e. The first-order valence-corrected chi connectivity index (χ1v) is 11.3.